The molecule has 0 atom stereocenters. The Bertz CT molecular complexity index is 528. The van der Waals surface area contributed by atoms with Crippen LogP contribution < -0.4 is 5.32 Å². The molecule has 0 spiro atoms. The SMILES string of the molecule is Cc1ccccc1SCC(=O)Nc1ccccn1. The Hall–Kier alpha value is -1.81. The van der Waals surface area contributed by atoms with Crippen LogP contribution in [0.3, 0.4) is 0 Å². The summed E-state index contributed by atoms with van der Waals surface area (Å²) in [6, 6.07) is 13.5. The lowest BCUT2D eigenvalue weighted by atomic mass is 10.2. The number of carbonyl (C=O) groups excluding carboxylic acids is 1. The lowest BCUT2D eigenvalue weighted by molar-refractivity contribution is -0.113. The summed E-state index contributed by atoms with van der Waals surface area (Å²) in [7, 11) is 0. The van der Waals surface area contributed by atoms with E-state index in [9.17, 15) is 4.79 Å². The summed E-state index contributed by atoms with van der Waals surface area (Å²) in [5, 5.41) is 2.76. The van der Waals surface area contributed by atoms with Crippen LogP contribution in [0.15, 0.2) is 53.6 Å². The van der Waals surface area contributed by atoms with Crippen LogP contribution in [0.2, 0.25) is 0 Å². The molecule has 0 aliphatic carbocycles. The summed E-state index contributed by atoms with van der Waals surface area (Å²) in [6.45, 7) is 2.04. The van der Waals surface area contributed by atoms with Crippen molar-refractivity contribution in [1.29, 1.82) is 0 Å². The molecule has 0 unspecified atom stereocenters. The van der Waals surface area contributed by atoms with Crippen LogP contribution in [0, 0.1) is 6.92 Å². The Balaban J connectivity index is 1.88. The van der Waals surface area contributed by atoms with Crippen LogP contribution in [0.5, 0.6) is 0 Å². The van der Waals surface area contributed by atoms with Crippen molar-refractivity contribution in [2.45, 2.75) is 11.8 Å². The first kappa shape index (κ1) is 12.6. The minimum absolute atomic E-state index is 0.0399. The molecule has 92 valence electrons. The van der Waals surface area contributed by atoms with Crippen LogP contribution in [-0.2, 0) is 4.79 Å². The summed E-state index contributed by atoms with van der Waals surface area (Å²) in [6.07, 6.45) is 1.66. The Morgan fingerprint density at radius 2 is 2.00 bits per heavy atom. The van der Waals surface area contributed by atoms with E-state index >= 15 is 0 Å². The number of pyridine rings is 1. The predicted molar refractivity (Wildman–Crippen MR) is 74.8 cm³/mol. The number of nitrogens with one attached hydrogen (secondary N) is 1. The Kier molecular flexibility index (Phi) is 4.36. The molecule has 1 heterocycles. The number of nitrogens with zero attached hydrogens (tertiary/aromatic N) is 1. The number of carbonyl (C=O) groups is 1. The summed E-state index contributed by atoms with van der Waals surface area (Å²) < 4.78 is 0. The van der Waals surface area contributed by atoms with Gasteiger partial charge >= 0.3 is 0 Å². The normalized spacial score (nSPS) is 10.1. The average Bonchev–Trinajstić information content (AvgIpc) is 2.39. The fourth-order valence-electron chi connectivity index (χ4n) is 1.48. The molecule has 18 heavy (non-hydrogen) atoms. The van der Waals surface area contributed by atoms with Gasteiger partial charge in [-0.1, -0.05) is 24.3 Å². The van der Waals surface area contributed by atoms with E-state index in [0.29, 0.717) is 11.6 Å². The maximum atomic E-state index is 11.7. The van der Waals surface area contributed by atoms with Gasteiger partial charge in [0.15, 0.2) is 0 Å². The molecule has 0 radical (unpaired) electrons. The Morgan fingerprint density at radius 3 is 2.72 bits per heavy atom. The lowest BCUT2D eigenvalue weighted by Crippen LogP contribution is -2.14. The molecular weight excluding hydrogens is 244 g/mol. The molecule has 0 aliphatic heterocycles. The van der Waals surface area contributed by atoms with E-state index in [1.807, 2.05) is 43.3 Å². The van der Waals surface area contributed by atoms with Crippen molar-refractivity contribution in [2.75, 3.05) is 11.1 Å². The van der Waals surface area contributed by atoms with Gasteiger partial charge in [-0.3, -0.25) is 4.79 Å². The fourth-order valence-corrected chi connectivity index (χ4v) is 2.31. The van der Waals surface area contributed by atoms with Crippen LogP contribution in [0.1, 0.15) is 5.56 Å². The van der Waals surface area contributed by atoms with Crippen LogP contribution >= 0.6 is 11.8 Å². The topological polar surface area (TPSA) is 42.0 Å². The smallest absolute Gasteiger partial charge is 0.235 e. The van der Waals surface area contributed by atoms with Gasteiger partial charge in [0.1, 0.15) is 5.82 Å². The zero-order valence-electron chi connectivity index (χ0n) is 10.1. The Labute approximate surface area is 111 Å². The predicted octanol–water partition coefficient (Wildman–Crippen LogP) is 3.12. The molecule has 0 aliphatic rings. The van der Waals surface area contributed by atoms with Gasteiger partial charge < -0.3 is 5.32 Å². The van der Waals surface area contributed by atoms with Crippen LogP contribution in [0.4, 0.5) is 5.82 Å². The summed E-state index contributed by atoms with van der Waals surface area (Å²) >= 11 is 1.53. The molecule has 0 saturated carbocycles. The summed E-state index contributed by atoms with van der Waals surface area (Å²) in [4.78, 5) is 16.9. The van der Waals surface area contributed by atoms with E-state index in [1.54, 1.807) is 12.3 Å². The van der Waals surface area contributed by atoms with Gasteiger partial charge in [-0.25, -0.2) is 4.98 Å². The van der Waals surface area contributed by atoms with E-state index in [0.717, 1.165) is 4.90 Å². The zero-order valence-corrected chi connectivity index (χ0v) is 10.9. The summed E-state index contributed by atoms with van der Waals surface area (Å²) in [5.41, 5.74) is 1.19. The Morgan fingerprint density at radius 1 is 1.22 bits per heavy atom. The maximum absolute atomic E-state index is 11.7. The maximum Gasteiger partial charge on any atom is 0.235 e. The second-order valence-electron chi connectivity index (χ2n) is 3.82. The van der Waals surface area contributed by atoms with Gasteiger partial charge in [-0.05, 0) is 30.7 Å². The van der Waals surface area contributed by atoms with E-state index in [-0.39, 0.29) is 5.91 Å². The van der Waals surface area contributed by atoms with E-state index in [1.165, 1.54) is 17.3 Å². The van der Waals surface area contributed by atoms with Gasteiger partial charge in [0, 0.05) is 11.1 Å². The van der Waals surface area contributed by atoms with Crippen molar-refractivity contribution in [3.63, 3.8) is 0 Å². The van der Waals surface area contributed by atoms with Gasteiger partial charge in [0.25, 0.3) is 0 Å². The summed E-state index contributed by atoms with van der Waals surface area (Å²) in [5.74, 6) is 0.941. The monoisotopic (exact) mass is 258 g/mol. The minimum atomic E-state index is -0.0399. The second-order valence-corrected chi connectivity index (χ2v) is 4.83. The second kappa shape index (κ2) is 6.21. The van der Waals surface area contributed by atoms with E-state index in [2.05, 4.69) is 10.3 Å². The number of aryl methyl sites for hydroxylation is 1. The van der Waals surface area contributed by atoms with Crippen molar-refractivity contribution < 1.29 is 4.79 Å². The molecule has 1 aromatic carbocycles. The van der Waals surface area contributed by atoms with Crippen molar-refractivity contribution in [3.8, 4) is 0 Å². The number of hydrogen-bond donors (Lipinski definition) is 1. The van der Waals surface area contributed by atoms with Crippen molar-refractivity contribution in [2.24, 2.45) is 0 Å². The van der Waals surface area contributed by atoms with Crippen molar-refractivity contribution in [3.05, 3.63) is 54.2 Å². The first-order chi connectivity index (χ1) is 8.75. The third-order valence-corrected chi connectivity index (χ3v) is 3.56. The third kappa shape index (κ3) is 3.60. The molecular formula is C14H14N2OS. The molecule has 1 N–H and O–H groups in total. The standard InChI is InChI=1S/C14H14N2OS/c1-11-6-2-3-7-12(11)18-10-14(17)16-13-8-4-5-9-15-13/h2-9H,10H2,1H3,(H,15,16,17). The minimum Gasteiger partial charge on any atom is -0.310 e. The lowest BCUT2D eigenvalue weighted by Gasteiger charge is -2.05. The fraction of sp³-hybridized carbons (Fsp3) is 0.143. The van der Waals surface area contributed by atoms with Crippen molar-refractivity contribution in [1.82, 2.24) is 4.98 Å². The van der Waals surface area contributed by atoms with E-state index < -0.39 is 0 Å². The zero-order chi connectivity index (χ0) is 12.8. The van der Waals surface area contributed by atoms with E-state index in [4.69, 9.17) is 0 Å². The molecule has 1 amide bonds. The largest absolute Gasteiger partial charge is 0.310 e. The number of rotatable bonds is 4. The van der Waals surface area contributed by atoms with Crippen molar-refractivity contribution >= 4 is 23.5 Å². The van der Waals surface area contributed by atoms with Gasteiger partial charge in [0.2, 0.25) is 5.91 Å². The number of aromatic nitrogens is 1. The van der Waals surface area contributed by atoms with Crippen LogP contribution in [-0.4, -0.2) is 16.6 Å². The average molecular weight is 258 g/mol. The molecule has 0 bridgehead atoms. The number of benzene rings is 1. The highest BCUT2D eigenvalue weighted by molar-refractivity contribution is 8.00. The van der Waals surface area contributed by atoms with Gasteiger partial charge in [0.05, 0.1) is 5.75 Å². The first-order valence-electron chi connectivity index (χ1n) is 5.65. The number of hydrogen-bond acceptors (Lipinski definition) is 3. The molecule has 4 heteroatoms. The molecule has 2 rings (SSSR count). The number of thioether (sulfide) groups is 1. The highest BCUT2D eigenvalue weighted by Gasteiger charge is 2.05. The first-order valence-corrected chi connectivity index (χ1v) is 6.63. The highest BCUT2D eigenvalue weighted by atomic mass is 32.2. The van der Waals surface area contributed by atoms with Gasteiger partial charge in [-0.2, -0.15) is 0 Å². The third-order valence-electron chi connectivity index (χ3n) is 2.38. The highest BCUT2D eigenvalue weighted by Crippen LogP contribution is 2.21. The molecule has 0 saturated heterocycles. The quantitative estimate of drug-likeness (QED) is 0.857. The van der Waals surface area contributed by atoms with Gasteiger partial charge in [-0.15, -0.1) is 11.8 Å². The molecule has 0 fully saturated rings. The number of anilines is 1. The molecule has 3 nitrogen and oxygen atoms in total. The number of amides is 1. The molecule has 2 aromatic rings. The molecule has 1 aromatic heterocycles. The van der Waals surface area contributed by atoms with Crippen LogP contribution in [0.25, 0.3) is 0 Å².